The Labute approximate surface area is 96.9 Å². The van der Waals surface area contributed by atoms with Gasteiger partial charge in [0.1, 0.15) is 0 Å². The van der Waals surface area contributed by atoms with Crippen LogP contribution in [0.1, 0.15) is 12.6 Å². The number of rotatable bonds is 7. The van der Waals surface area contributed by atoms with E-state index in [1.54, 1.807) is 0 Å². The largest absolute Gasteiger partial charge is 0.316 e. The summed E-state index contributed by atoms with van der Waals surface area (Å²) < 4.78 is 0. The maximum absolute atomic E-state index is 4.29. The van der Waals surface area contributed by atoms with Crippen molar-refractivity contribution >= 4 is 11.8 Å². The quantitative estimate of drug-likeness (QED) is 0.719. The summed E-state index contributed by atoms with van der Waals surface area (Å²) in [6.07, 6.45) is 5.03. The Balaban J connectivity index is 2.07. The van der Waals surface area contributed by atoms with E-state index in [4.69, 9.17) is 0 Å². The molecule has 0 aliphatic rings. The Morgan fingerprint density at radius 2 is 2.33 bits per heavy atom. The smallest absolute Gasteiger partial charge is 0.0416 e. The third-order valence-electron chi connectivity index (χ3n) is 2.23. The van der Waals surface area contributed by atoms with E-state index in [0.717, 1.165) is 25.4 Å². The first-order valence-corrected chi connectivity index (χ1v) is 6.82. The van der Waals surface area contributed by atoms with Crippen LogP contribution < -0.4 is 5.32 Å². The lowest BCUT2D eigenvalue weighted by atomic mass is 10.2. The highest BCUT2D eigenvalue weighted by Crippen LogP contribution is 2.02. The first-order valence-electron chi connectivity index (χ1n) is 5.42. The van der Waals surface area contributed by atoms with Gasteiger partial charge in [-0.2, -0.15) is 11.8 Å². The van der Waals surface area contributed by atoms with E-state index < -0.39 is 0 Å². The van der Waals surface area contributed by atoms with Crippen molar-refractivity contribution < 1.29 is 0 Å². The highest BCUT2D eigenvalue weighted by Gasteiger charge is 1.99. The second-order valence-electron chi connectivity index (χ2n) is 3.84. The molecule has 1 heterocycles. The van der Waals surface area contributed by atoms with Gasteiger partial charge in [0.05, 0.1) is 0 Å². The van der Waals surface area contributed by atoms with Gasteiger partial charge in [0.25, 0.3) is 0 Å². The summed E-state index contributed by atoms with van der Waals surface area (Å²) in [5, 5.41) is 3.47. The molecule has 1 N–H and O–H groups in total. The van der Waals surface area contributed by atoms with Gasteiger partial charge in [0.2, 0.25) is 0 Å². The molecule has 84 valence electrons. The van der Waals surface area contributed by atoms with Crippen molar-refractivity contribution in [3.05, 3.63) is 30.1 Å². The van der Waals surface area contributed by atoms with Crippen molar-refractivity contribution in [1.29, 1.82) is 0 Å². The second kappa shape index (κ2) is 7.71. The van der Waals surface area contributed by atoms with Crippen LogP contribution in [0.2, 0.25) is 0 Å². The highest BCUT2D eigenvalue weighted by molar-refractivity contribution is 7.98. The molecule has 0 spiro atoms. The first kappa shape index (κ1) is 12.5. The summed E-state index contributed by atoms with van der Waals surface area (Å²) in [6.45, 7) is 4.41. The topological polar surface area (TPSA) is 24.9 Å². The molecule has 0 fully saturated rings. The fourth-order valence-corrected chi connectivity index (χ4v) is 2.14. The van der Waals surface area contributed by atoms with Crippen LogP contribution in [-0.4, -0.2) is 30.1 Å². The minimum Gasteiger partial charge on any atom is -0.316 e. The van der Waals surface area contributed by atoms with E-state index in [0.29, 0.717) is 0 Å². The minimum absolute atomic E-state index is 0.753. The molecule has 1 aromatic heterocycles. The van der Waals surface area contributed by atoms with Crippen LogP contribution >= 0.6 is 11.8 Å². The molecule has 1 aromatic rings. The zero-order chi connectivity index (χ0) is 10.9. The van der Waals surface area contributed by atoms with Gasteiger partial charge in [0.15, 0.2) is 0 Å². The molecule has 0 aliphatic heterocycles. The van der Waals surface area contributed by atoms with Crippen LogP contribution in [0.4, 0.5) is 0 Å². The van der Waals surface area contributed by atoms with E-state index in [2.05, 4.69) is 29.5 Å². The number of aromatic nitrogens is 1. The number of nitrogens with one attached hydrogen (secondary N) is 1. The zero-order valence-corrected chi connectivity index (χ0v) is 10.4. The molecule has 0 bridgehead atoms. The Morgan fingerprint density at radius 3 is 3.00 bits per heavy atom. The molecular formula is C12H20N2S. The van der Waals surface area contributed by atoms with Gasteiger partial charge in [-0.1, -0.05) is 13.0 Å². The molecule has 1 unspecified atom stereocenters. The van der Waals surface area contributed by atoms with Gasteiger partial charge in [-0.3, -0.25) is 4.98 Å². The van der Waals surface area contributed by atoms with E-state index >= 15 is 0 Å². The second-order valence-corrected chi connectivity index (χ2v) is 4.75. The average molecular weight is 224 g/mol. The predicted octanol–water partition coefficient (Wildman–Crippen LogP) is 2.21. The fourth-order valence-electron chi connectivity index (χ4n) is 1.45. The van der Waals surface area contributed by atoms with Crippen molar-refractivity contribution in [2.45, 2.75) is 13.3 Å². The molecule has 1 atom stereocenters. The first-order chi connectivity index (χ1) is 7.33. The van der Waals surface area contributed by atoms with Gasteiger partial charge >= 0.3 is 0 Å². The molecule has 0 aliphatic carbocycles. The number of nitrogens with zero attached hydrogens (tertiary/aromatic N) is 1. The summed E-state index contributed by atoms with van der Waals surface area (Å²) in [4.78, 5) is 4.29. The van der Waals surface area contributed by atoms with Gasteiger partial charge in [0, 0.05) is 24.9 Å². The Morgan fingerprint density at radius 1 is 1.47 bits per heavy atom. The number of pyridine rings is 1. The van der Waals surface area contributed by atoms with Gasteiger partial charge in [-0.25, -0.2) is 0 Å². The standard InChI is InChI=1S/C12H20N2S/c1-11(10-15-2)9-13-8-6-12-5-3-4-7-14-12/h3-5,7,11,13H,6,8-10H2,1-2H3. The average Bonchev–Trinajstić information content (AvgIpc) is 2.26. The van der Waals surface area contributed by atoms with Crippen LogP contribution in [0.25, 0.3) is 0 Å². The van der Waals surface area contributed by atoms with Crippen molar-refractivity contribution in [2.24, 2.45) is 5.92 Å². The van der Waals surface area contributed by atoms with Crippen LogP contribution in [0.5, 0.6) is 0 Å². The number of hydrogen-bond acceptors (Lipinski definition) is 3. The molecule has 1 rings (SSSR count). The highest BCUT2D eigenvalue weighted by atomic mass is 32.2. The third-order valence-corrected chi connectivity index (χ3v) is 3.13. The molecule has 0 aromatic carbocycles. The maximum Gasteiger partial charge on any atom is 0.0416 e. The van der Waals surface area contributed by atoms with E-state index in [9.17, 15) is 0 Å². The minimum atomic E-state index is 0.753. The Hall–Kier alpha value is -0.540. The van der Waals surface area contributed by atoms with Crippen LogP contribution in [0.3, 0.4) is 0 Å². The molecule has 0 radical (unpaired) electrons. The lowest BCUT2D eigenvalue weighted by Crippen LogP contribution is -2.24. The van der Waals surface area contributed by atoms with Gasteiger partial charge < -0.3 is 5.32 Å². The van der Waals surface area contributed by atoms with Crippen LogP contribution in [0, 0.1) is 5.92 Å². The van der Waals surface area contributed by atoms with Gasteiger partial charge in [-0.05, 0) is 36.6 Å². The molecule has 3 heteroatoms. The predicted molar refractivity (Wildman–Crippen MR) is 68.4 cm³/mol. The molecule has 2 nitrogen and oxygen atoms in total. The molecule has 0 amide bonds. The van der Waals surface area contributed by atoms with Crippen molar-refractivity contribution in [1.82, 2.24) is 10.3 Å². The molecule has 0 saturated heterocycles. The molecule has 0 saturated carbocycles. The SMILES string of the molecule is CSCC(C)CNCCc1ccccn1. The summed E-state index contributed by atoms with van der Waals surface area (Å²) in [5.41, 5.74) is 1.17. The van der Waals surface area contributed by atoms with Gasteiger partial charge in [-0.15, -0.1) is 0 Å². The fraction of sp³-hybridized carbons (Fsp3) is 0.583. The van der Waals surface area contributed by atoms with E-state index in [1.165, 1.54) is 11.4 Å². The Kier molecular flexibility index (Phi) is 6.44. The van der Waals surface area contributed by atoms with Crippen molar-refractivity contribution in [3.8, 4) is 0 Å². The van der Waals surface area contributed by atoms with Crippen LogP contribution in [-0.2, 0) is 6.42 Å². The van der Waals surface area contributed by atoms with E-state index in [1.807, 2.05) is 30.1 Å². The van der Waals surface area contributed by atoms with E-state index in [-0.39, 0.29) is 0 Å². The van der Waals surface area contributed by atoms with Crippen molar-refractivity contribution in [3.63, 3.8) is 0 Å². The van der Waals surface area contributed by atoms with Crippen molar-refractivity contribution in [2.75, 3.05) is 25.1 Å². The molecule has 15 heavy (non-hydrogen) atoms. The normalized spacial score (nSPS) is 12.7. The monoisotopic (exact) mass is 224 g/mol. The van der Waals surface area contributed by atoms with Crippen LogP contribution in [0.15, 0.2) is 24.4 Å². The third kappa shape index (κ3) is 5.80. The Bertz CT molecular complexity index is 251. The summed E-state index contributed by atoms with van der Waals surface area (Å²) >= 11 is 1.91. The number of thioether (sulfide) groups is 1. The lowest BCUT2D eigenvalue weighted by molar-refractivity contribution is 0.559. The summed E-state index contributed by atoms with van der Waals surface area (Å²) in [7, 11) is 0. The number of hydrogen-bond donors (Lipinski definition) is 1. The summed E-state index contributed by atoms with van der Waals surface area (Å²) in [6, 6.07) is 6.07. The summed E-state index contributed by atoms with van der Waals surface area (Å²) in [5.74, 6) is 1.99. The zero-order valence-electron chi connectivity index (χ0n) is 9.57. The lowest BCUT2D eigenvalue weighted by Gasteiger charge is -2.10. The maximum atomic E-state index is 4.29. The molecular weight excluding hydrogens is 204 g/mol.